The van der Waals surface area contributed by atoms with Crippen molar-refractivity contribution in [3.8, 4) is 0 Å². The van der Waals surface area contributed by atoms with Crippen LogP contribution in [0.1, 0.15) is 30.8 Å². The fourth-order valence-electron chi connectivity index (χ4n) is 4.39. The predicted octanol–water partition coefficient (Wildman–Crippen LogP) is 3.47. The van der Waals surface area contributed by atoms with Gasteiger partial charge in [-0.1, -0.05) is 49.4 Å². The van der Waals surface area contributed by atoms with E-state index in [0.29, 0.717) is 45.7 Å². The Labute approximate surface area is 199 Å². The lowest BCUT2D eigenvalue weighted by Crippen LogP contribution is -2.55. The maximum absolute atomic E-state index is 13.9. The van der Waals surface area contributed by atoms with Gasteiger partial charge in [0.1, 0.15) is 0 Å². The van der Waals surface area contributed by atoms with Gasteiger partial charge in [0.15, 0.2) is 0 Å². The normalized spacial score (nSPS) is 16.5. The third-order valence-corrected chi connectivity index (χ3v) is 7.36. The van der Waals surface area contributed by atoms with Gasteiger partial charge in [0, 0.05) is 39.1 Å². The largest absolute Gasteiger partial charge is 0.355 e. The first kappa shape index (κ1) is 23.4. The van der Waals surface area contributed by atoms with E-state index in [1.807, 2.05) is 67.3 Å². The van der Waals surface area contributed by atoms with Gasteiger partial charge in [0.25, 0.3) is 0 Å². The molecule has 0 radical (unpaired) electrons. The molecule has 1 atom stereocenters. The second-order valence-electron chi connectivity index (χ2n) is 8.87. The van der Waals surface area contributed by atoms with Crippen molar-refractivity contribution in [2.24, 2.45) is 0 Å². The molecule has 6 nitrogen and oxygen atoms in total. The Kier molecular flexibility index (Phi) is 7.40. The van der Waals surface area contributed by atoms with Gasteiger partial charge < -0.3 is 10.2 Å². The lowest BCUT2D eigenvalue weighted by Gasteiger charge is -2.39. The number of fused-ring (bicyclic) bond motifs is 1. The number of amides is 2. The quantitative estimate of drug-likeness (QED) is 0.554. The third kappa shape index (κ3) is 5.42. The number of aromatic nitrogens is 1. The Morgan fingerprint density at radius 3 is 2.42 bits per heavy atom. The Hall–Kier alpha value is -2.77. The fraction of sp³-hybridized carbons (Fsp3) is 0.423. The number of thiazole rings is 1. The van der Waals surface area contributed by atoms with Gasteiger partial charge in [0.2, 0.25) is 11.8 Å². The number of hydrogen-bond donors (Lipinski definition) is 1. The van der Waals surface area contributed by atoms with Crippen LogP contribution in [0.3, 0.4) is 0 Å². The predicted molar refractivity (Wildman–Crippen MR) is 133 cm³/mol. The molecule has 7 heteroatoms. The summed E-state index contributed by atoms with van der Waals surface area (Å²) in [5.74, 6) is 0.185. The molecule has 0 saturated carbocycles. The van der Waals surface area contributed by atoms with Crippen LogP contribution >= 0.6 is 11.3 Å². The van der Waals surface area contributed by atoms with Crippen LogP contribution < -0.4 is 5.32 Å². The second-order valence-corrected chi connectivity index (χ2v) is 9.98. The molecule has 1 aliphatic heterocycles. The van der Waals surface area contributed by atoms with Crippen molar-refractivity contribution in [2.75, 3.05) is 39.3 Å². The SMILES string of the molecule is CCCNC(=O)CN1CCN(C(=O)C(C)(Cc2nc3ccccc3s2)c2ccccc2)CC1. The number of benzene rings is 2. The highest BCUT2D eigenvalue weighted by atomic mass is 32.1. The summed E-state index contributed by atoms with van der Waals surface area (Å²) < 4.78 is 1.14. The molecule has 2 amide bonds. The molecular weight excluding hydrogens is 432 g/mol. The van der Waals surface area contributed by atoms with Crippen molar-refractivity contribution < 1.29 is 9.59 Å². The van der Waals surface area contributed by atoms with E-state index in [0.717, 1.165) is 27.2 Å². The molecule has 1 N–H and O–H groups in total. The Balaban J connectivity index is 1.49. The minimum atomic E-state index is -0.699. The summed E-state index contributed by atoms with van der Waals surface area (Å²) in [7, 11) is 0. The fourth-order valence-corrected chi connectivity index (χ4v) is 5.51. The minimum Gasteiger partial charge on any atom is -0.355 e. The van der Waals surface area contributed by atoms with E-state index in [-0.39, 0.29) is 11.8 Å². The van der Waals surface area contributed by atoms with Crippen molar-refractivity contribution in [2.45, 2.75) is 32.1 Å². The van der Waals surface area contributed by atoms with Crippen molar-refractivity contribution in [1.29, 1.82) is 0 Å². The maximum atomic E-state index is 13.9. The number of carbonyl (C=O) groups is 2. The number of nitrogens with zero attached hydrogens (tertiary/aromatic N) is 3. The first-order valence-electron chi connectivity index (χ1n) is 11.7. The third-order valence-electron chi connectivity index (χ3n) is 6.32. The summed E-state index contributed by atoms with van der Waals surface area (Å²) in [5.41, 5.74) is 1.29. The molecule has 174 valence electrons. The molecule has 4 rings (SSSR count). The zero-order valence-corrected chi connectivity index (χ0v) is 20.2. The summed E-state index contributed by atoms with van der Waals surface area (Å²) in [6, 6.07) is 18.2. The van der Waals surface area contributed by atoms with Crippen LogP contribution in [0.25, 0.3) is 10.2 Å². The van der Waals surface area contributed by atoms with Crippen molar-refractivity contribution in [3.63, 3.8) is 0 Å². The van der Waals surface area contributed by atoms with E-state index in [4.69, 9.17) is 4.98 Å². The number of hydrogen-bond acceptors (Lipinski definition) is 5. The molecule has 0 bridgehead atoms. The Morgan fingerprint density at radius 2 is 1.73 bits per heavy atom. The van der Waals surface area contributed by atoms with Gasteiger partial charge in [-0.05, 0) is 31.0 Å². The van der Waals surface area contributed by atoms with Gasteiger partial charge in [-0.2, -0.15) is 0 Å². The summed E-state index contributed by atoms with van der Waals surface area (Å²) in [6.07, 6.45) is 1.50. The van der Waals surface area contributed by atoms with Crippen LogP contribution in [0.2, 0.25) is 0 Å². The molecule has 1 fully saturated rings. The highest BCUT2D eigenvalue weighted by molar-refractivity contribution is 7.18. The Bertz CT molecular complexity index is 1060. The molecule has 0 aliphatic carbocycles. The van der Waals surface area contributed by atoms with Crippen LogP contribution in [0.5, 0.6) is 0 Å². The van der Waals surface area contributed by atoms with Crippen LogP contribution in [0.15, 0.2) is 54.6 Å². The minimum absolute atomic E-state index is 0.0570. The molecule has 3 aromatic rings. The molecule has 2 aromatic carbocycles. The van der Waals surface area contributed by atoms with Gasteiger partial charge in [0.05, 0.1) is 27.2 Å². The zero-order chi connectivity index (χ0) is 23.3. The second kappa shape index (κ2) is 10.4. The number of rotatable bonds is 8. The average molecular weight is 465 g/mol. The number of carbonyl (C=O) groups excluding carboxylic acids is 2. The van der Waals surface area contributed by atoms with Crippen molar-refractivity contribution in [3.05, 3.63) is 65.2 Å². The lowest BCUT2D eigenvalue weighted by molar-refractivity contribution is -0.139. The average Bonchev–Trinajstić information content (AvgIpc) is 3.25. The highest BCUT2D eigenvalue weighted by Crippen LogP contribution is 2.34. The first-order chi connectivity index (χ1) is 16.0. The van der Waals surface area contributed by atoms with E-state index >= 15 is 0 Å². The van der Waals surface area contributed by atoms with E-state index < -0.39 is 5.41 Å². The molecule has 33 heavy (non-hydrogen) atoms. The van der Waals surface area contributed by atoms with Crippen LogP contribution in [-0.2, 0) is 21.4 Å². The molecule has 2 heterocycles. The van der Waals surface area contributed by atoms with Crippen LogP contribution in [0.4, 0.5) is 0 Å². The van der Waals surface area contributed by atoms with Gasteiger partial charge in [-0.25, -0.2) is 4.98 Å². The molecule has 1 aromatic heterocycles. The number of piperazine rings is 1. The van der Waals surface area contributed by atoms with Crippen molar-refractivity contribution >= 4 is 33.4 Å². The topological polar surface area (TPSA) is 65.5 Å². The highest BCUT2D eigenvalue weighted by Gasteiger charge is 2.40. The first-order valence-corrected chi connectivity index (χ1v) is 12.5. The number of para-hydroxylation sites is 1. The lowest BCUT2D eigenvalue weighted by atomic mass is 9.78. The van der Waals surface area contributed by atoms with Crippen molar-refractivity contribution in [1.82, 2.24) is 20.1 Å². The summed E-state index contributed by atoms with van der Waals surface area (Å²) in [5, 5.41) is 3.90. The molecule has 1 saturated heterocycles. The Morgan fingerprint density at radius 1 is 1.03 bits per heavy atom. The molecule has 0 spiro atoms. The van der Waals surface area contributed by atoms with E-state index in [1.54, 1.807) is 11.3 Å². The summed E-state index contributed by atoms with van der Waals surface area (Å²) in [6.45, 7) is 7.85. The zero-order valence-electron chi connectivity index (χ0n) is 19.4. The van der Waals surface area contributed by atoms with Gasteiger partial charge in [-0.15, -0.1) is 11.3 Å². The van der Waals surface area contributed by atoms with Crippen LogP contribution in [0, 0.1) is 0 Å². The molecule has 1 aliphatic rings. The smallest absolute Gasteiger partial charge is 0.234 e. The number of nitrogens with one attached hydrogen (secondary N) is 1. The maximum Gasteiger partial charge on any atom is 0.234 e. The van der Waals surface area contributed by atoms with E-state index in [2.05, 4.69) is 16.3 Å². The van der Waals surface area contributed by atoms with Crippen LogP contribution in [-0.4, -0.2) is 65.9 Å². The molecular formula is C26H32N4O2S. The molecule has 1 unspecified atom stereocenters. The van der Waals surface area contributed by atoms with E-state index in [9.17, 15) is 9.59 Å². The van der Waals surface area contributed by atoms with Gasteiger partial charge in [-0.3, -0.25) is 14.5 Å². The van der Waals surface area contributed by atoms with E-state index in [1.165, 1.54) is 0 Å². The van der Waals surface area contributed by atoms with Gasteiger partial charge >= 0.3 is 0 Å². The summed E-state index contributed by atoms with van der Waals surface area (Å²) in [4.78, 5) is 34.9. The summed E-state index contributed by atoms with van der Waals surface area (Å²) >= 11 is 1.66. The monoisotopic (exact) mass is 464 g/mol. The standard InChI is InChI=1S/C26H32N4O2S/c1-3-13-27-23(31)19-29-14-16-30(17-15-29)25(32)26(2,20-9-5-4-6-10-20)18-24-28-21-11-7-8-12-22(21)33-24/h4-12H,3,13-19H2,1-2H3,(H,27,31).